The number of rotatable bonds is 6. The number of nitrogens with one attached hydrogen (secondary N) is 2. The van der Waals surface area contributed by atoms with Gasteiger partial charge in [-0.2, -0.15) is 4.98 Å². The van der Waals surface area contributed by atoms with E-state index in [1.54, 1.807) is 0 Å². The SMILES string of the molecule is CCCNc1nc(C)cc(Nc2cccc(C(C)C)c2)n1. The van der Waals surface area contributed by atoms with Crippen LogP contribution in [0.15, 0.2) is 30.3 Å². The van der Waals surface area contributed by atoms with Crippen LogP contribution in [0.3, 0.4) is 0 Å². The van der Waals surface area contributed by atoms with Crippen molar-refractivity contribution in [2.24, 2.45) is 0 Å². The van der Waals surface area contributed by atoms with Crippen LogP contribution in [0, 0.1) is 6.92 Å². The van der Waals surface area contributed by atoms with Crippen molar-refractivity contribution in [3.63, 3.8) is 0 Å². The summed E-state index contributed by atoms with van der Waals surface area (Å²) in [6.07, 6.45) is 1.05. The number of anilines is 3. The number of hydrogen-bond donors (Lipinski definition) is 2. The van der Waals surface area contributed by atoms with Crippen molar-refractivity contribution in [1.29, 1.82) is 0 Å². The summed E-state index contributed by atoms with van der Waals surface area (Å²) in [5.41, 5.74) is 3.32. The summed E-state index contributed by atoms with van der Waals surface area (Å²) in [5, 5.41) is 6.59. The second kappa shape index (κ2) is 7.07. The molecule has 0 bridgehead atoms. The largest absolute Gasteiger partial charge is 0.354 e. The van der Waals surface area contributed by atoms with Crippen LogP contribution in [0.1, 0.15) is 44.4 Å². The van der Waals surface area contributed by atoms with Crippen LogP contribution >= 0.6 is 0 Å². The molecule has 2 rings (SSSR count). The summed E-state index contributed by atoms with van der Waals surface area (Å²) < 4.78 is 0. The monoisotopic (exact) mass is 284 g/mol. The first-order chi connectivity index (χ1) is 10.1. The van der Waals surface area contributed by atoms with Crippen LogP contribution in [0.2, 0.25) is 0 Å². The van der Waals surface area contributed by atoms with Crippen LogP contribution in [0.5, 0.6) is 0 Å². The van der Waals surface area contributed by atoms with Crippen molar-refractivity contribution >= 4 is 17.5 Å². The molecule has 1 aromatic heterocycles. The summed E-state index contributed by atoms with van der Waals surface area (Å²) in [6, 6.07) is 10.4. The van der Waals surface area contributed by atoms with Gasteiger partial charge in [-0.1, -0.05) is 32.9 Å². The Balaban J connectivity index is 2.18. The number of aromatic nitrogens is 2. The zero-order valence-corrected chi connectivity index (χ0v) is 13.3. The minimum Gasteiger partial charge on any atom is -0.354 e. The zero-order chi connectivity index (χ0) is 15.2. The maximum atomic E-state index is 4.51. The molecule has 2 N–H and O–H groups in total. The molecule has 4 heteroatoms. The summed E-state index contributed by atoms with van der Waals surface area (Å²) in [4.78, 5) is 8.90. The Morgan fingerprint density at radius 1 is 1.14 bits per heavy atom. The molecule has 112 valence electrons. The highest BCUT2D eigenvalue weighted by molar-refractivity contribution is 5.58. The fourth-order valence-electron chi connectivity index (χ4n) is 2.07. The van der Waals surface area contributed by atoms with E-state index in [1.165, 1.54) is 5.56 Å². The minimum absolute atomic E-state index is 0.515. The topological polar surface area (TPSA) is 49.8 Å². The molecule has 0 saturated carbocycles. The Morgan fingerprint density at radius 3 is 2.67 bits per heavy atom. The Kier molecular flexibility index (Phi) is 5.14. The second-order valence-electron chi connectivity index (χ2n) is 5.55. The molecule has 0 saturated heterocycles. The van der Waals surface area contributed by atoms with Gasteiger partial charge in [-0.05, 0) is 37.0 Å². The lowest BCUT2D eigenvalue weighted by Crippen LogP contribution is -2.07. The highest BCUT2D eigenvalue weighted by atomic mass is 15.1. The van der Waals surface area contributed by atoms with E-state index in [0.717, 1.165) is 30.2 Å². The van der Waals surface area contributed by atoms with Gasteiger partial charge in [0.05, 0.1) is 0 Å². The minimum atomic E-state index is 0.515. The smallest absolute Gasteiger partial charge is 0.224 e. The van der Waals surface area contributed by atoms with Gasteiger partial charge in [0.25, 0.3) is 0 Å². The van der Waals surface area contributed by atoms with Crippen molar-refractivity contribution in [1.82, 2.24) is 9.97 Å². The Morgan fingerprint density at radius 2 is 1.95 bits per heavy atom. The third kappa shape index (κ3) is 4.45. The summed E-state index contributed by atoms with van der Waals surface area (Å²) in [6.45, 7) is 9.38. The molecule has 0 aliphatic carbocycles. The maximum Gasteiger partial charge on any atom is 0.224 e. The van der Waals surface area contributed by atoms with E-state index >= 15 is 0 Å². The van der Waals surface area contributed by atoms with Crippen LogP contribution < -0.4 is 10.6 Å². The summed E-state index contributed by atoms with van der Waals surface area (Å²) in [5.74, 6) is 2.02. The van der Waals surface area contributed by atoms with E-state index in [1.807, 2.05) is 13.0 Å². The first-order valence-corrected chi connectivity index (χ1v) is 7.55. The molecule has 0 spiro atoms. The summed E-state index contributed by atoms with van der Waals surface area (Å²) >= 11 is 0. The molecule has 4 nitrogen and oxygen atoms in total. The van der Waals surface area contributed by atoms with Gasteiger partial charge in [-0.25, -0.2) is 4.98 Å². The van der Waals surface area contributed by atoms with E-state index in [2.05, 4.69) is 65.6 Å². The summed E-state index contributed by atoms with van der Waals surface area (Å²) in [7, 11) is 0. The predicted molar refractivity (Wildman–Crippen MR) is 89.4 cm³/mol. The standard InChI is InChI=1S/C17H24N4/c1-5-9-18-17-19-13(4)10-16(21-17)20-15-8-6-7-14(11-15)12(2)3/h6-8,10-12H,5,9H2,1-4H3,(H2,18,19,20,21). The second-order valence-corrected chi connectivity index (χ2v) is 5.55. The predicted octanol–water partition coefficient (Wildman–Crippen LogP) is 4.47. The average molecular weight is 284 g/mol. The molecule has 1 aromatic carbocycles. The number of hydrogen-bond acceptors (Lipinski definition) is 4. The van der Waals surface area contributed by atoms with E-state index < -0.39 is 0 Å². The highest BCUT2D eigenvalue weighted by Gasteiger charge is 2.04. The molecule has 0 fully saturated rings. The number of aryl methyl sites for hydroxylation is 1. The molecule has 0 atom stereocenters. The van der Waals surface area contributed by atoms with Crippen molar-refractivity contribution in [3.8, 4) is 0 Å². The highest BCUT2D eigenvalue weighted by Crippen LogP contribution is 2.21. The first-order valence-electron chi connectivity index (χ1n) is 7.55. The molecule has 0 unspecified atom stereocenters. The molecule has 2 aromatic rings. The molecular weight excluding hydrogens is 260 g/mol. The number of nitrogens with zero attached hydrogens (tertiary/aromatic N) is 2. The van der Waals surface area contributed by atoms with Crippen molar-refractivity contribution in [2.45, 2.75) is 40.0 Å². The molecule has 0 aliphatic rings. The van der Waals surface area contributed by atoms with Gasteiger partial charge < -0.3 is 10.6 Å². The number of benzene rings is 1. The van der Waals surface area contributed by atoms with E-state index in [-0.39, 0.29) is 0 Å². The third-order valence-electron chi connectivity index (χ3n) is 3.21. The van der Waals surface area contributed by atoms with Crippen molar-refractivity contribution < 1.29 is 0 Å². The zero-order valence-electron chi connectivity index (χ0n) is 13.3. The van der Waals surface area contributed by atoms with Gasteiger partial charge in [0.2, 0.25) is 5.95 Å². The van der Waals surface area contributed by atoms with Gasteiger partial charge in [0, 0.05) is 24.0 Å². The average Bonchev–Trinajstić information content (AvgIpc) is 2.45. The van der Waals surface area contributed by atoms with Gasteiger partial charge in [0.15, 0.2) is 0 Å². The molecule has 0 aliphatic heterocycles. The molecular formula is C17H24N4. The maximum absolute atomic E-state index is 4.51. The van der Waals surface area contributed by atoms with E-state index in [0.29, 0.717) is 11.9 Å². The third-order valence-corrected chi connectivity index (χ3v) is 3.21. The first kappa shape index (κ1) is 15.3. The van der Waals surface area contributed by atoms with Crippen LogP contribution in [-0.4, -0.2) is 16.5 Å². The van der Waals surface area contributed by atoms with Crippen LogP contribution in [-0.2, 0) is 0 Å². The van der Waals surface area contributed by atoms with Crippen molar-refractivity contribution in [3.05, 3.63) is 41.6 Å². The van der Waals surface area contributed by atoms with Gasteiger partial charge in [-0.3, -0.25) is 0 Å². The molecule has 0 amide bonds. The lowest BCUT2D eigenvalue weighted by atomic mass is 10.0. The van der Waals surface area contributed by atoms with Gasteiger partial charge >= 0.3 is 0 Å². The molecule has 1 heterocycles. The lowest BCUT2D eigenvalue weighted by Gasteiger charge is -2.11. The molecule has 21 heavy (non-hydrogen) atoms. The van der Waals surface area contributed by atoms with Crippen molar-refractivity contribution in [2.75, 3.05) is 17.2 Å². The van der Waals surface area contributed by atoms with E-state index in [9.17, 15) is 0 Å². The fourth-order valence-corrected chi connectivity index (χ4v) is 2.07. The normalized spacial score (nSPS) is 10.7. The van der Waals surface area contributed by atoms with Gasteiger partial charge in [0.1, 0.15) is 5.82 Å². The van der Waals surface area contributed by atoms with Gasteiger partial charge in [-0.15, -0.1) is 0 Å². The van der Waals surface area contributed by atoms with Crippen LogP contribution in [0.25, 0.3) is 0 Å². The Labute approximate surface area is 127 Å². The van der Waals surface area contributed by atoms with E-state index in [4.69, 9.17) is 0 Å². The Bertz CT molecular complexity index is 593. The molecule has 0 radical (unpaired) electrons. The quantitative estimate of drug-likeness (QED) is 0.821. The Hall–Kier alpha value is -2.10. The fraction of sp³-hybridized carbons (Fsp3) is 0.412. The lowest BCUT2D eigenvalue weighted by molar-refractivity contribution is 0.867. The van der Waals surface area contributed by atoms with Crippen LogP contribution in [0.4, 0.5) is 17.5 Å².